The maximum Gasteiger partial charge on any atom is 0.244 e. The standard InChI is InChI=1S/C20H27NO6/c1-20(2)12-14(8-9-27-20)15(11-19(24)25)21-18(23)7-5-13-4-6-16(22)17(10-13)26-3/h4-7,10,14-15,22H,8-9,11-12H2,1-3H3,(H,21,23)(H,24,25)/p-1/b7-5+/t14-,15+/m1/s1. The van der Waals surface area contributed by atoms with Gasteiger partial charge in [-0.25, -0.2) is 0 Å². The number of hydrogen-bond donors (Lipinski definition) is 2. The van der Waals surface area contributed by atoms with Crippen LogP contribution in [0.5, 0.6) is 11.5 Å². The Morgan fingerprint density at radius 1 is 1.48 bits per heavy atom. The van der Waals surface area contributed by atoms with Crippen molar-refractivity contribution in [3.8, 4) is 11.5 Å². The molecule has 27 heavy (non-hydrogen) atoms. The average Bonchev–Trinajstić information content (AvgIpc) is 2.59. The van der Waals surface area contributed by atoms with Gasteiger partial charge in [0.25, 0.3) is 0 Å². The van der Waals surface area contributed by atoms with Gasteiger partial charge in [0.2, 0.25) is 5.91 Å². The Balaban J connectivity index is 2.05. The van der Waals surface area contributed by atoms with Crippen molar-refractivity contribution < 1.29 is 29.3 Å². The normalized spacial score (nSPS) is 20.2. The molecule has 0 bridgehead atoms. The van der Waals surface area contributed by atoms with Gasteiger partial charge in [0.1, 0.15) is 0 Å². The topological polar surface area (TPSA) is 108 Å². The van der Waals surface area contributed by atoms with Gasteiger partial charge in [-0.15, -0.1) is 0 Å². The van der Waals surface area contributed by atoms with E-state index >= 15 is 0 Å². The third-order valence-corrected chi connectivity index (χ3v) is 4.65. The molecule has 0 aromatic heterocycles. The third-order valence-electron chi connectivity index (χ3n) is 4.65. The van der Waals surface area contributed by atoms with Crippen LogP contribution in [-0.2, 0) is 14.3 Å². The molecule has 1 amide bonds. The molecule has 1 heterocycles. The van der Waals surface area contributed by atoms with Crippen molar-refractivity contribution in [2.45, 2.75) is 44.8 Å². The van der Waals surface area contributed by atoms with Gasteiger partial charge in [0.05, 0.1) is 12.7 Å². The summed E-state index contributed by atoms with van der Waals surface area (Å²) in [6.07, 6.45) is 4.00. The highest BCUT2D eigenvalue weighted by molar-refractivity contribution is 5.92. The van der Waals surface area contributed by atoms with E-state index in [1.165, 1.54) is 19.3 Å². The number of methoxy groups -OCH3 is 1. The summed E-state index contributed by atoms with van der Waals surface area (Å²) in [6, 6.07) is 4.18. The van der Waals surface area contributed by atoms with Crippen LogP contribution in [0.1, 0.15) is 38.7 Å². The van der Waals surface area contributed by atoms with Crippen LogP contribution in [0.3, 0.4) is 0 Å². The first-order valence-electron chi connectivity index (χ1n) is 8.89. The van der Waals surface area contributed by atoms with Crippen LogP contribution in [0, 0.1) is 5.92 Å². The minimum atomic E-state index is -1.20. The average molecular weight is 376 g/mol. The van der Waals surface area contributed by atoms with Crippen molar-refractivity contribution in [3.63, 3.8) is 0 Å². The number of carboxylic acids is 1. The predicted molar refractivity (Wildman–Crippen MR) is 98.0 cm³/mol. The fourth-order valence-electron chi connectivity index (χ4n) is 3.34. The number of carboxylic acid groups (broad SMARTS) is 1. The van der Waals surface area contributed by atoms with Gasteiger partial charge < -0.3 is 29.8 Å². The van der Waals surface area contributed by atoms with Crippen LogP contribution in [-0.4, -0.2) is 42.3 Å². The molecule has 1 saturated heterocycles. The van der Waals surface area contributed by atoms with Crippen LogP contribution in [0.25, 0.3) is 6.08 Å². The zero-order valence-electron chi connectivity index (χ0n) is 15.9. The predicted octanol–water partition coefficient (Wildman–Crippen LogP) is 1.24. The molecule has 1 aliphatic heterocycles. The minimum Gasteiger partial charge on any atom is -0.550 e. The summed E-state index contributed by atoms with van der Waals surface area (Å²) in [5.74, 6) is -1.28. The summed E-state index contributed by atoms with van der Waals surface area (Å²) >= 11 is 0. The van der Waals surface area contributed by atoms with Crippen molar-refractivity contribution in [2.24, 2.45) is 5.92 Å². The van der Waals surface area contributed by atoms with Gasteiger partial charge in [-0.2, -0.15) is 0 Å². The number of benzene rings is 1. The summed E-state index contributed by atoms with van der Waals surface area (Å²) in [7, 11) is 1.44. The number of hydrogen-bond acceptors (Lipinski definition) is 6. The second kappa shape index (κ2) is 8.90. The number of amides is 1. The molecule has 0 unspecified atom stereocenters. The van der Waals surface area contributed by atoms with Crippen molar-refractivity contribution >= 4 is 18.0 Å². The first-order valence-corrected chi connectivity index (χ1v) is 8.89. The highest BCUT2D eigenvalue weighted by Crippen LogP contribution is 2.31. The molecule has 1 fully saturated rings. The lowest BCUT2D eigenvalue weighted by Gasteiger charge is -2.39. The van der Waals surface area contributed by atoms with Crippen LogP contribution in [0.4, 0.5) is 0 Å². The summed E-state index contributed by atoms with van der Waals surface area (Å²) in [4.78, 5) is 23.4. The maximum absolute atomic E-state index is 12.3. The third kappa shape index (κ3) is 6.29. The van der Waals surface area contributed by atoms with E-state index in [1.807, 2.05) is 13.8 Å². The van der Waals surface area contributed by atoms with Gasteiger partial charge in [-0.3, -0.25) is 4.79 Å². The number of phenolic OH excluding ortho intramolecular Hbond substituents is 1. The maximum atomic E-state index is 12.3. The van der Waals surface area contributed by atoms with Crippen LogP contribution in [0.2, 0.25) is 0 Å². The molecule has 0 radical (unpaired) electrons. The Bertz CT molecular complexity index is 712. The van der Waals surface area contributed by atoms with Crippen molar-refractivity contribution in [1.82, 2.24) is 5.32 Å². The van der Waals surface area contributed by atoms with Gasteiger partial charge in [0.15, 0.2) is 11.5 Å². The van der Waals surface area contributed by atoms with Gasteiger partial charge in [0, 0.05) is 31.1 Å². The SMILES string of the molecule is COc1cc(/C=C/C(=O)N[C@@H](CC(=O)[O-])[C@@H]2CCOC(C)(C)C2)ccc1O. The zero-order chi connectivity index (χ0) is 20.0. The van der Waals surface area contributed by atoms with Crippen molar-refractivity contribution in [2.75, 3.05) is 13.7 Å². The molecule has 7 nitrogen and oxygen atoms in total. The molecule has 1 aromatic carbocycles. The van der Waals surface area contributed by atoms with Gasteiger partial charge in [-0.1, -0.05) is 6.07 Å². The monoisotopic (exact) mass is 376 g/mol. The van der Waals surface area contributed by atoms with E-state index in [0.29, 0.717) is 30.8 Å². The van der Waals surface area contributed by atoms with E-state index in [4.69, 9.17) is 9.47 Å². The quantitative estimate of drug-likeness (QED) is 0.694. The Morgan fingerprint density at radius 3 is 2.85 bits per heavy atom. The Morgan fingerprint density at radius 2 is 2.22 bits per heavy atom. The molecule has 148 valence electrons. The first kappa shape index (κ1) is 20.8. The van der Waals surface area contributed by atoms with E-state index in [2.05, 4.69) is 5.32 Å². The molecule has 7 heteroatoms. The first-order chi connectivity index (χ1) is 12.7. The fourth-order valence-corrected chi connectivity index (χ4v) is 3.34. The molecular weight excluding hydrogens is 350 g/mol. The lowest BCUT2D eigenvalue weighted by Crippen LogP contribution is -2.48. The highest BCUT2D eigenvalue weighted by atomic mass is 16.5. The number of rotatable bonds is 7. The van der Waals surface area contributed by atoms with Crippen molar-refractivity contribution in [1.29, 1.82) is 0 Å². The second-order valence-corrected chi connectivity index (χ2v) is 7.32. The number of carbonyl (C=O) groups is 2. The lowest BCUT2D eigenvalue weighted by molar-refractivity contribution is -0.306. The summed E-state index contributed by atoms with van der Waals surface area (Å²) in [5.41, 5.74) is 0.319. The van der Waals surface area contributed by atoms with E-state index in [9.17, 15) is 19.8 Å². The largest absolute Gasteiger partial charge is 0.550 e. The van der Waals surface area contributed by atoms with E-state index in [1.54, 1.807) is 18.2 Å². The van der Waals surface area contributed by atoms with E-state index in [-0.39, 0.29) is 23.7 Å². The lowest BCUT2D eigenvalue weighted by atomic mass is 9.82. The molecular formula is C20H26NO6-. The Labute approximate surface area is 159 Å². The van der Waals surface area contributed by atoms with Crippen LogP contribution < -0.4 is 15.2 Å². The van der Waals surface area contributed by atoms with Gasteiger partial charge in [-0.05, 0) is 56.4 Å². The molecule has 0 aliphatic carbocycles. The molecule has 2 atom stereocenters. The number of carbonyl (C=O) groups excluding carboxylic acids is 2. The molecule has 2 rings (SSSR count). The second-order valence-electron chi connectivity index (χ2n) is 7.32. The smallest absolute Gasteiger partial charge is 0.244 e. The number of aliphatic carboxylic acids is 1. The molecule has 2 N–H and O–H groups in total. The molecule has 0 spiro atoms. The van der Waals surface area contributed by atoms with Gasteiger partial charge >= 0.3 is 0 Å². The number of nitrogens with one attached hydrogen (secondary N) is 1. The molecule has 1 aromatic rings. The molecule has 0 saturated carbocycles. The summed E-state index contributed by atoms with van der Waals surface area (Å²) in [5, 5.41) is 23.5. The van der Waals surface area contributed by atoms with Crippen LogP contribution in [0.15, 0.2) is 24.3 Å². The summed E-state index contributed by atoms with van der Waals surface area (Å²) in [6.45, 7) is 4.44. The van der Waals surface area contributed by atoms with Crippen LogP contribution >= 0.6 is 0 Å². The minimum absolute atomic E-state index is 0.00207. The highest BCUT2D eigenvalue weighted by Gasteiger charge is 2.34. The summed E-state index contributed by atoms with van der Waals surface area (Å²) < 4.78 is 10.7. The molecule has 1 aliphatic rings. The Kier molecular flexibility index (Phi) is 6.85. The fraction of sp³-hybridized carbons (Fsp3) is 0.500. The number of aromatic hydroxyl groups is 1. The Hall–Kier alpha value is -2.54. The number of ether oxygens (including phenoxy) is 2. The van der Waals surface area contributed by atoms with E-state index < -0.39 is 17.9 Å². The zero-order valence-corrected chi connectivity index (χ0v) is 15.9. The van der Waals surface area contributed by atoms with E-state index in [0.717, 1.165) is 0 Å². The van der Waals surface area contributed by atoms with Crippen molar-refractivity contribution in [3.05, 3.63) is 29.8 Å². The number of phenols is 1.